The first kappa shape index (κ1) is 14.5. The first-order valence-corrected chi connectivity index (χ1v) is 6.96. The third-order valence-electron chi connectivity index (χ3n) is 3.69. The molecule has 0 radical (unpaired) electrons. The number of nitrogens with two attached hydrogens (primary N) is 1. The molecule has 1 saturated heterocycles. The third kappa shape index (κ3) is 4.28. The highest BCUT2D eigenvalue weighted by molar-refractivity contribution is 5.23. The molecule has 2 unspecified atom stereocenters. The second-order valence-corrected chi connectivity index (χ2v) is 5.28. The Bertz CT molecular complexity index is 380. The Morgan fingerprint density at radius 1 is 1.42 bits per heavy atom. The van der Waals surface area contributed by atoms with Crippen LogP contribution >= 0.6 is 0 Å². The SMILES string of the molecule is Cc1ccc(C(N)CCN2CCOC(CO)C2)cc1. The van der Waals surface area contributed by atoms with E-state index in [0.717, 1.165) is 26.1 Å². The molecule has 0 bridgehead atoms. The minimum atomic E-state index is -0.0376. The molecule has 0 spiro atoms. The Labute approximate surface area is 115 Å². The predicted molar refractivity (Wildman–Crippen MR) is 76.0 cm³/mol. The van der Waals surface area contributed by atoms with Crippen molar-refractivity contribution in [2.45, 2.75) is 25.5 Å². The van der Waals surface area contributed by atoms with Gasteiger partial charge < -0.3 is 15.6 Å². The number of aliphatic hydroxyl groups excluding tert-OH is 1. The standard InChI is InChI=1S/C15H24N2O2/c1-12-2-4-13(5-3-12)15(16)6-7-17-8-9-19-14(10-17)11-18/h2-5,14-15,18H,6-11,16H2,1H3. The van der Waals surface area contributed by atoms with E-state index in [2.05, 4.69) is 36.1 Å². The van der Waals surface area contributed by atoms with E-state index >= 15 is 0 Å². The summed E-state index contributed by atoms with van der Waals surface area (Å²) >= 11 is 0. The van der Waals surface area contributed by atoms with Gasteiger partial charge in [0.2, 0.25) is 0 Å². The lowest BCUT2D eigenvalue weighted by molar-refractivity contribution is -0.0531. The smallest absolute Gasteiger partial charge is 0.0932 e. The Balaban J connectivity index is 1.79. The number of benzene rings is 1. The molecule has 0 amide bonds. The summed E-state index contributed by atoms with van der Waals surface area (Å²) in [6.45, 7) is 5.56. The number of hydrogen-bond donors (Lipinski definition) is 2. The zero-order valence-corrected chi connectivity index (χ0v) is 11.6. The van der Waals surface area contributed by atoms with E-state index in [1.165, 1.54) is 11.1 Å². The van der Waals surface area contributed by atoms with Crippen LogP contribution in [0.3, 0.4) is 0 Å². The van der Waals surface area contributed by atoms with Gasteiger partial charge >= 0.3 is 0 Å². The molecule has 0 saturated carbocycles. The van der Waals surface area contributed by atoms with E-state index < -0.39 is 0 Å². The summed E-state index contributed by atoms with van der Waals surface area (Å²) < 4.78 is 5.44. The maximum Gasteiger partial charge on any atom is 0.0932 e. The van der Waals surface area contributed by atoms with Crippen molar-refractivity contribution in [3.8, 4) is 0 Å². The zero-order valence-electron chi connectivity index (χ0n) is 11.6. The quantitative estimate of drug-likeness (QED) is 0.835. The molecule has 1 heterocycles. The van der Waals surface area contributed by atoms with Gasteiger partial charge in [-0.05, 0) is 18.9 Å². The van der Waals surface area contributed by atoms with Crippen molar-refractivity contribution in [2.24, 2.45) is 5.73 Å². The summed E-state index contributed by atoms with van der Waals surface area (Å²) in [6, 6.07) is 8.50. The van der Waals surface area contributed by atoms with Crippen molar-refractivity contribution >= 4 is 0 Å². The number of aryl methyl sites for hydroxylation is 1. The second kappa shape index (κ2) is 7.01. The van der Waals surface area contributed by atoms with E-state index in [1.54, 1.807) is 0 Å². The van der Waals surface area contributed by atoms with E-state index in [0.29, 0.717) is 6.61 Å². The second-order valence-electron chi connectivity index (χ2n) is 5.28. The molecule has 19 heavy (non-hydrogen) atoms. The molecule has 106 valence electrons. The number of rotatable bonds is 5. The first-order valence-electron chi connectivity index (χ1n) is 6.96. The van der Waals surface area contributed by atoms with Gasteiger partial charge in [0, 0.05) is 25.7 Å². The minimum absolute atomic E-state index is 0.0376. The molecule has 1 aromatic carbocycles. The summed E-state index contributed by atoms with van der Waals surface area (Å²) in [6.07, 6.45) is 0.894. The number of aliphatic hydroxyl groups is 1. The van der Waals surface area contributed by atoms with Crippen molar-refractivity contribution in [3.05, 3.63) is 35.4 Å². The van der Waals surface area contributed by atoms with E-state index in [4.69, 9.17) is 15.6 Å². The summed E-state index contributed by atoms with van der Waals surface area (Å²) in [7, 11) is 0. The number of ether oxygens (including phenoxy) is 1. The molecule has 4 nitrogen and oxygen atoms in total. The Morgan fingerprint density at radius 2 is 2.16 bits per heavy atom. The van der Waals surface area contributed by atoms with Crippen molar-refractivity contribution < 1.29 is 9.84 Å². The van der Waals surface area contributed by atoms with E-state index in [-0.39, 0.29) is 18.8 Å². The summed E-state index contributed by atoms with van der Waals surface area (Å²) in [5.41, 5.74) is 8.67. The number of morpholine rings is 1. The fourth-order valence-corrected chi connectivity index (χ4v) is 2.40. The molecule has 3 N–H and O–H groups in total. The number of nitrogens with zero attached hydrogens (tertiary/aromatic N) is 1. The Kier molecular flexibility index (Phi) is 5.34. The molecule has 1 aromatic rings. The fourth-order valence-electron chi connectivity index (χ4n) is 2.40. The molecule has 1 fully saturated rings. The predicted octanol–water partition coefficient (Wildman–Crippen LogP) is 1.08. The zero-order chi connectivity index (χ0) is 13.7. The van der Waals surface area contributed by atoms with Crippen LogP contribution in [0.1, 0.15) is 23.6 Å². The average molecular weight is 264 g/mol. The summed E-state index contributed by atoms with van der Waals surface area (Å²) in [4.78, 5) is 2.32. The first-order chi connectivity index (χ1) is 9.19. The van der Waals surface area contributed by atoms with Gasteiger partial charge in [0.15, 0.2) is 0 Å². The average Bonchev–Trinajstić information content (AvgIpc) is 2.46. The van der Waals surface area contributed by atoms with Crippen LogP contribution in [0.2, 0.25) is 0 Å². The molecular formula is C15H24N2O2. The molecular weight excluding hydrogens is 240 g/mol. The van der Waals surface area contributed by atoms with Gasteiger partial charge in [0.05, 0.1) is 19.3 Å². The van der Waals surface area contributed by atoms with Gasteiger partial charge in [-0.2, -0.15) is 0 Å². The van der Waals surface area contributed by atoms with Gasteiger partial charge in [0.1, 0.15) is 0 Å². The highest BCUT2D eigenvalue weighted by Gasteiger charge is 2.20. The molecule has 0 aliphatic carbocycles. The lowest BCUT2D eigenvalue weighted by Gasteiger charge is -2.32. The minimum Gasteiger partial charge on any atom is -0.394 e. The Morgan fingerprint density at radius 3 is 2.84 bits per heavy atom. The number of hydrogen-bond acceptors (Lipinski definition) is 4. The van der Waals surface area contributed by atoms with Crippen LogP contribution in [-0.4, -0.2) is 49.0 Å². The van der Waals surface area contributed by atoms with E-state index in [1.807, 2.05) is 0 Å². The van der Waals surface area contributed by atoms with Crippen LogP contribution in [0, 0.1) is 6.92 Å². The molecule has 2 atom stereocenters. The summed E-state index contributed by atoms with van der Waals surface area (Å²) in [5.74, 6) is 0. The third-order valence-corrected chi connectivity index (χ3v) is 3.69. The highest BCUT2D eigenvalue weighted by Crippen LogP contribution is 2.16. The highest BCUT2D eigenvalue weighted by atomic mass is 16.5. The normalized spacial score (nSPS) is 22.4. The molecule has 4 heteroatoms. The van der Waals surface area contributed by atoms with Gasteiger partial charge in [-0.3, -0.25) is 4.90 Å². The molecule has 1 aliphatic heterocycles. The van der Waals surface area contributed by atoms with Gasteiger partial charge in [-0.1, -0.05) is 29.8 Å². The van der Waals surface area contributed by atoms with Crippen LogP contribution in [0.15, 0.2) is 24.3 Å². The topological polar surface area (TPSA) is 58.7 Å². The maximum absolute atomic E-state index is 9.11. The van der Waals surface area contributed by atoms with Crippen molar-refractivity contribution in [3.63, 3.8) is 0 Å². The maximum atomic E-state index is 9.11. The summed E-state index contributed by atoms with van der Waals surface area (Å²) in [5, 5.41) is 9.11. The van der Waals surface area contributed by atoms with Gasteiger partial charge in [0.25, 0.3) is 0 Å². The van der Waals surface area contributed by atoms with Gasteiger partial charge in [-0.15, -0.1) is 0 Å². The van der Waals surface area contributed by atoms with Crippen LogP contribution in [0.4, 0.5) is 0 Å². The monoisotopic (exact) mass is 264 g/mol. The molecule has 1 aliphatic rings. The van der Waals surface area contributed by atoms with Crippen LogP contribution < -0.4 is 5.73 Å². The largest absolute Gasteiger partial charge is 0.394 e. The van der Waals surface area contributed by atoms with Crippen molar-refractivity contribution in [1.82, 2.24) is 4.90 Å². The van der Waals surface area contributed by atoms with Crippen LogP contribution in [0.25, 0.3) is 0 Å². The lowest BCUT2D eigenvalue weighted by atomic mass is 10.0. The molecule has 0 aromatic heterocycles. The van der Waals surface area contributed by atoms with Crippen molar-refractivity contribution in [1.29, 1.82) is 0 Å². The van der Waals surface area contributed by atoms with Gasteiger partial charge in [-0.25, -0.2) is 0 Å². The lowest BCUT2D eigenvalue weighted by Crippen LogP contribution is -2.44. The fraction of sp³-hybridized carbons (Fsp3) is 0.600. The van der Waals surface area contributed by atoms with Crippen LogP contribution in [0.5, 0.6) is 0 Å². The molecule has 2 rings (SSSR count). The van der Waals surface area contributed by atoms with Crippen LogP contribution in [-0.2, 0) is 4.74 Å². The Hall–Kier alpha value is -0.940. The van der Waals surface area contributed by atoms with Crippen molar-refractivity contribution in [2.75, 3.05) is 32.8 Å². The van der Waals surface area contributed by atoms with E-state index in [9.17, 15) is 0 Å².